The third-order valence-electron chi connectivity index (χ3n) is 3.57. The van der Waals surface area contributed by atoms with Gasteiger partial charge >= 0.3 is 6.18 Å². The van der Waals surface area contributed by atoms with Crippen LogP contribution in [0.3, 0.4) is 0 Å². The molecule has 1 aromatic rings. The SMILES string of the molecule is CC1CC1c1ccc(CN(CCCO)CC(F)(F)F)o1. The maximum Gasteiger partial charge on any atom is 0.401 e. The molecule has 1 saturated carbocycles. The van der Waals surface area contributed by atoms with Crippen LogP contribution in [0.5, 0.6) is 0 Å². The third-order valence-corrected chi connectivity index (χ3v) is 3.57. The van der Waals surface area contributed by atoms with Crippen LogP contribution in [0.15, 0.2) is 16.5 Å². The van der Waals surface area contributed by atoms with Crippen LogP contribution in [0, 0.1) is 5.92 Å². The predicted molar refractivity (Wildman–Crippen MR) is 68.3 cm³/mol. The van der Waals surface area contributed by atoms with Crippen LogP contribution < -0.4 is 0 Å². The van der Waals surface area contributed by atoms with E-state index in [0.29, 0.717) is 24.0 Å². The van der Waals surface area contributed by atoms with Crippen molar-refractivity contribution in [2.75, 3.05) is 19.7 Å². The van der Waals surface area contributed by atoms with Crippen molar-refractivity contribution in [1.29, 1.82) is 0 Å². The third kappa shape index (κ3) is 4.52. The van der Waals surface area contributed by atoms with Gasteiger partial charge in [-0.25, -0.2) is 0 Å². The minimum Gasteiger partial charge on any atom is -0.464 e. The zero-order valence-electron chi connectivity index (χ0n) is 11.5. The Balaban J connectivity index is 1.93. The van der Waals surface area contributed by atoms with Crippen LogP contribution >= 0.6 is 0 Å². The lowest BCUT2D eigenvalue weighted by atomic mass is 10.3. The standard InChI is InChI=1S/C14H20F3NO2/c1-10-7-12(10)13-4-3-11(20-13)8-18(5-2-6-19)9-14(15,16)17/h3-4,10,12,19H,2,5-9H2,1H3. The summed E-state index contributed by atoms with van der Waals surface area (Å²) in [5.74, 6) is 2.47. The van der Waals surface area contributed by atoms with Gasteiger partial charge in [0.05, 0.1) is 13.1 Å². The second kappa shape index (κ2) is 6.18. The molecule has 20 heavy (non-hydrogen) atoms. The summed E-state index contributed by atoms with van der Waals surface area (Å²) in [5, 5.41) is 8.76. The fourth-order valence-corrected chi connectivity index (χ4v) is 2.38. The second-order valence-corrected chi connectivity index (χ2v) is 5.53. The van der Waals surface area contributed by atoms with Crippen molar-refractivity contribution < 1.29 is 22.7 Å². The Bertz CT molecular complexity index is 430. The fourth-order valence-electron chi connectivity index (χ4n) is 2.38. The summed E-state index contributed by atoms with van der Waals surface area (Å²) < 4.78 is 43.1. The lowest BCUT2D eigenvalue weighted by Crippen LogP contribution is -2.34. The summed E-state index contributed by atoms with van der Waals surface area (Å²) in [7, 11) is 0. The highest BCUT2D eigenvalue weighted by Gasteiger charge is 2.37. The minimum atomic E-state index is -4.24. The van der Waals surface area contributed by atoms with Gasteiger partial charge in [-0.3, -0.25) is 4.90 Å². The summed E-state index contributed by atoms with van der Waals surface area (Å²) in [6, 6.07) is 3.62. The number of nitrogens with zero attached hydrogens (tertiary/aromatic N) is 1. The molecule has 2 atom stereocenters. The largest absolute Gasteiger partial charge is 0.464 e. The lowest BCUT2D eigenvalue weighted by Gasteiger charge is -2.22. The van der Waals surface area contributed by atoms with Crippen molar-refractivity contribution >= 4 is 0 Å². The number of hydrogen-bond donors (Lipinski definition) is 1. The number of hydrogen-bond acceptors (Lipinski definition) is 3. The van der Waals surface area contributed by atoms with Crippen LogP contribution in [-0.4, -0.2) is 35.9 Å². The van der Waals surface area contributed by atoms with E-state index in [-0.39, 0.29) is 19.7 Å². The molecular weight excluding hydrogens is 271 g/mol. The summed E-state index contributed by atoms with van der Waals surface area (Å²) >= 11 is 0. The fraction of sp³-hybridized carbons (Fsp3) is 0.714. The van der Waals surface area contributed by atoms with Gasteiger partial charge in [0.1, 0.15) is 11.5 Å². The zero-order valence-corrected chi connectivity index (χ0v) is 11.5. The lowest BCUT2D eigenvalue weighted by molar-refractivity contribution is -0.147. The Labute approximate surface area is 116 Å². The molecule has 0 radical (unpaired) electrons. The van der Waals surface area contributed by atoms with E-state index in [1.54, 1.807) is 6.07 Å². The van der Waals surface area contributed by atoms with Crippen molar-refractivity contribution in [3.63, 3.8) is 0 Å². The van der Waals surface area contributed by atoms with Gasteiger partial charge in [-0.15, -0.1) is 0 Å². The number of furan rings is 1. The Hall–Kier alpha value is -1.01. The normalized spacial score (nSPS) is 22.5. The Kier molecular flexibility index (Phi) is 4.75. The molecule has 2 rings (SSSR count). The van der Waals surface area contributed by atoms with Crippen molar-refractivity contribution in [1.82, 2.24) is 4.90 Å². The highest BCUT2D eigenvalue weighted by molar-refractivity contribution is 5.17. The van der Waals surface area contributed by atoms with Gasteiger partial charge in [0.2, 0.25) is 0 Å². The Morgan fingerprint density at radius 1 is 1.40 bits per heavy atom. The molecular formula is C14H20F3NO2. The van der Waals surface area contributed by atoms with Crippen LogP contribution in [-0.2, 0) is 6.54 Å². The maximum absolute atomic E-state index is 12.5. The molecule has 0 amide bonds. The van der Waals surface area contributed by atoms with E-state index >= 15 is 0 Å². The van der Waals surface area contributed by atoms with E-state index in [0.717, 1.165) is 12.2 Å². The Morgan fingerprint density at radius 2 is 2.10 bits per heavy atom. The predicted octanol–water partition coefficient (Wildman–Crippen LogP) is 3.15. The van der Waals surface area contributed by atoms with Gasteiger partial charge in [-0.05, 0) is 30.9 Å². The molecule has 2 unspecified atom stereocenters. The summed E-state index contributed by atoms with van der Waals surface area (Å²) in [5.41, 5.74) is 0. The second-order valence-electron chi connectivity index (χ2n) is 5.53. The monoisotopic (exact) mass is 291 g/mol. The van der Waals surface area contributed by atoms with Crippen molar-refractivity contribution in [3.8, 4) is 0 Å². The van der Waals surface area contributed by atoms with Gasteiger partial charge in [-0.1, -0.05) is 6.92 Å². The van der Waals surface area contributed by atoms with Crippen LogP contribution in [0.4, 0.5) is 13.2 Å². The molecule has 114 valence electrons. The highest BCUT2D eigenvalue weighted by atomic mass is 19.4. The number of aliphatic hydroxyl groups is 1. The van der Waals surface area contributed by atoms with E-state index in [1.165, 1.54) is 4.90 Å². The topological polar surface area (TPSA) is 36.6 Å². The molecule has 1 aliphatic carbocycles. The van der Waals surface area contributed by atoms with E-state index in [4.69, 9.17) is 9.52 Å². The molecule has 1 heterocycles. The van der Waals surface area contributed by atoms with Gasteiger partial charge < -0.3 is 9.52 Å². The van der Waals surface area contributed by atoms with Gasteiger partial charge in [0.25, 0.3) is 0 Å². The maximum atomic E-state index is 12.5. The Morgan fingerprint density at radius 3 is 2.65 bits per heavy atom. The van der Waals surface area contributed by atoms with Crippen LogP contribution in [0.1, 0.15) is 37.2 Å². The number of alkyl halides is 3. The van der Waals surface area contributed by atoms with Crippen molar-refractivity contribution in [3.05, 3.63) is 23.7 Å². The quantitative estimate of drug-likeness (QED) is 0.838. The molecule has 1 fully saturated rings. The molecule has 1 aromatic heterocycles. The molecule has 0 saturated heterocycles. The molecule has 0 aromatic carbocycles. The molecule has 0 bridgehead atoms. The highest BCUT2D eigenvalue weighted by Crippen LogP contribution is 2.47. The van der Waals surface area contributed by atoms with Crippen molar-refractivity contribution in [2.45, 2.75) is 38.4 Å². The van der Waals surface area contributed by atoms with E-state index < -0.39 is 12.7 Å². The molecule has 0 spiro atoms. The van der Waals surface area contributed by atoms with Gasteiger partial charge in [0.15, 0.2) is 0 Å². The summed E-state index contributed by atoms with van der Waals surface area (Å²) in [6.07, 6.45) is -2.83. The first-order chi connectivity index (χ1) is 9.39. The summed E-state index contributed by atoms with van der Waals surface area (Å²) in [4.78, 5) is 1.26. The van der Waals surface area contributed by atoms with Gasteiger partial charge in [0, 0.05) is 19.1 Å². The smallest absolute Gasteiger partial charge is 0.401 e. The van der Waals surface area contributed by atoms with E-state index in [2.05, 4.69) is 6.92 Å². The molecule has 6 heteroatoms. The van der Waals surface area contributed by atoms with Gasteiger partial charge in [-0.2, -0.15) is 13.2 Å². The zero-order chi connectivity index (χ0) is 14.8. The molecule has 1 N–H and O–H groups in total. The van der Waals surface area contributed by atoms with Crippen molar-refractivity contribution in [2.24, 2.45) is 5.92 Å². The number of aliphatic hydroxyl groups excluding tert-OH is 1. The average Bonchev–Trinajstić information content (AvgIpc) is 2.88. The number of rotatable bonds is 7. The number of halogens is 3. The van der Waals surface area contributed by atoms with E-state index in [9.17, 15) is 13.2 Å². The first-order valence-electron chi connectivity index (χ1n) is 6.87. The molecule has 3 nitrogen and oxygen atoms in total. The first kappa shape index (κ1) is 15.4. The molecule has 0 aliphatic heterocycles. The van der Waals surface area contributed by atoms with E-state index in [1.807, 2.05) is 6.07 Å². The molecule has 1 aliphatic rings. The van der Waals surface area contributed by atoms with Crippen LogP contribution in [0.2, 0.25) is 0 Å². The summed E-state index contributed by atoms with van der Waals surface area (Å²) in [6.45, 7) is 1.36. The van der Waals surface area contributed by atoms with Crippen LogP contribution in [0.25, 0.3) is 0 Å². The average molecular weight is 291 g/mol. The first-order valence-corrected chi connectivity index (χ1v) is 6.87. The minimum absolute atomic E-state index is 0.114.